The van der Waals surface area contributed by atoms with Crippen LogP contribution in [0.2, 0.25) is 0 Å². The van der Waals surface area contributed by atoms with E-state index in [0.29, 0.717) is 13.0 Å². The van der Waals surface area contributed by atoms with E-state index < -0.39 is 12.0 Å². The molecule has 106 valence electrons. The molecule has 0 aliphatic heterocycles. The van der Waals surface area contributed by atoms with Crippen molar-refractivity contribution in [2.75, 3.05) is 25.6 Å². The molecule has 1 rings (SSSR count). The highest BCUT2D eigenvalue weighted by atomic mass is 16.5. The van der Waals surface area contributed by atoms with Crippen LogP contribution in [0.1, 0.15) is 17.5 Å². The molecule has 0 aliphatic carbocycles. The van der Waals surface area contributed by atoms with Crippen LogP contribution in [-0.2, 0) is 4.79 Å². The van der Waals surface area contributed by atoms with Gasteiger partial charge in [0.1, 0.15) is 11.8 Å². The minimum absolute atomic E-state index is 0.391. The van der Waals surface area contributed by atoms with Crippen LogP contribution < -0.4 is 15.4 Å². The quantitative estimate of drug-likeness (QED) is 0.817. The molecule has 1 unspecified atom stereocenters. The van der Waals surface area contributed by atoms with Gasteiger partial charge in [-0.15, -0.1) is 0 Å². The molecule has 0 fully saturated rings. The second kappa shape index (κ2) is 6.43. The summed E-state index contributed by atoms with van der Waals surface area (Å²) in [6.45, 7) is 4.58. The Labute approximate surface area is 114 Å². The van der Waals surface area contributed by atoms with E-state index in [2.05, 4.69) is 6.07 Å². The highest BCUT2D eigenvalue weighted by Crippen LogP contribution is 2.32. The molecule has 19 heavy (non-hydrogen) atoms. The number of aryl methyl sites for hydroxylation is 2. The van der Waals surface area contributed by atoms with Crippen LogP contribution in [0.3, 0.4) is 0 Å². The number of benzene rings is 1. The third-order valence-electron chi connectivity index (χ3n) is 3.11. The summed E-state index contributed by atoms with van der Waals surface area (Å²) in [6.07, 6.45) is 0.391. The first-order valence-electron chi connectivity index (χ1n) is 6.21. The number of carboxylic acids is 1. The zero-order valence-corrected chi connectivity index (χ0v) is 11.9. The average Bonchev–Trinajstić information content (AvgIpc) is 2.34. The van der Waals surface area contributed by atoms with E-state index in [-0.39, 0.29) is 0 Å². The van der Waals surface area contributed by atoms with Gasteiger partial charge in [0.05, 0.1) is 12.8 Å². The third-order valence-corrected chi connectivity index (χ3v) is 3.11. The summed E-state index contributed by atoms with van der Waals surface area (Å²) in [7, 11) is 3.54. The molecule has 0 saturated carbocycles. The Balaban J connectivity index is 2.87. The maximum Gasteiger partial charge on any atom is 0.320 e. The number of anilines is 1. The molecule has 0 aliphatic rings. The number of aliphatic carboxylic acids is 1. The first-order valence-corrected chi connectivity index (χ1v) is 6.21. The third kappa shape index (κ3) is 3.86. The minimum Gasteiger partial charge on any atom is -0.494 e. The largest absolute Gasteiger partial charge is 0.494 e. The Morgan fingerprint density at radius 3 is 2.63 bits per heavy atom. The molecule has 5 nitrogen and oxygen atoms in total. The summed E-state index contributed by atoms with van der Waals surface area (Å²) in [5.74, 6) is -0.155. The van der Waals surface area contributed by atoms with Gasteiger partial charge in [0.25, 0.3) is 0 Å². The predicted octanol–water partition coefficient (Wildman–Crippen LogP) is 1.55. The Kier molecular flexibility index (Phi) is 5.18. The molecule has 0 bridgehead atoms. The second-order valence-corrected chi connectivity index (χ2v) is 4.79. The molecule has 1 aromatic rings. The number of carboxylic acid groups (broad SMARTS) is 1. The molecule has 0 spiro atoms. The maximum atomic E-state index is 10.7. The molecule has 1 atom stereocenters. The van der Waals surface area contributed by atoms with E-state index in [9.17, 15) is 4.79 Å². The summed E-state index contributed by atoms with van der Waals surface area (Å²) in [5.41, 5.74) is 8.68. The molecular weight excluding hydrogens is 244 g/mol. The van der Waals surface area contributed by atoms with Gasteiger partial charge in [-0.05, 0) is 37.5 Å². The standard InChI is InChI=1S/C14H22N2O3/c1-9-7-10(2)13(19-4)12(8-9)16(3)6-5-11(15)14(17)18/h7-8,11H,5-6,15H2,1-4H3,(H,17,18). The van der Waals surface area contributed by atoms with Gasteiger partial charge < -0.3 is 20.5 Å². The number of ether oxygens (including phenoxy) is 1. The van der Waals surface area contributed by atoms with Crippen LogP contribution in [0.4, 0.5) is 5.69 Å². The number of nitrogens with two attached hydrogens (primary N) is 1. The SMILES string of the molecule is COc1c(C)cc(C)cc1N(C)CCC(N)C(=O)O. The van der Waals surface area contributed by atoms with Gasteiger partial charge in [-0.2, -0.15) is 0 Å². The highest BCUT2D eigenvalue weighted by Gasteiger charge is 2.15. The van der Waals surface area contributed by atoms with Crippen LogP contribution in [0.15, 0.2) is 12.1 Å². The minimum atomic E-state index is -0.971. The van der Waals surface area contributed by atoms with Crippen molar-refractivity contribution in [2.24, 2.45) is 5.73 Å². The molecule has 0 aromatic heterocycles. The molecule has 0 amide bonds. The fraction of sp³-hybridized carbons (Fsp3) is 0.500. The van der Waals surface area contributed by atoms with E-state index in [1.54, 1.807) is 7.11 Å². The zero-order chi connectivity index (χ0) is 14.6. The monoisotopic (exact) mass is 266 g/mol. The summed E-state index contributed by atoms with van der Waals surface area (Å²) in [5, 5.41) is 8.79. The van der Waals surface area contributed by atoms with Crippen molar-refractivity contribution in [1.29, 1.82) is 0 Å². The second-order valence-electron chi connectivity index (χ2n) is 4.79. The van der Waals surface area contributed by atoms with E-state index in [1.807, 2.05) is 31.9 Å². The van der Waals surface area contributed by atoms with Gasteiger partial charge in [0.15, 0.2) is 0 Å². The van der Waals surface area contributed by atoms with Crippen molar-refractivity contribution < 1.29 is 14.6 Å². The van der Waals surface area contributed by atoms with Crippen LogP contribution in [0.5, 0.6) is 5.75 Å². The summed E-state index contributed by atoms with van der Waals surface area (Å²) < 4.78 is 5.42. The van der Waals surface area contributed by atoms with Gasteiger partial charge in [0, 0.05) is 13.6 Å². The lowest BCUT2D eigenvalue weighted by Crippen LogP contribution is -2.34. The number of nitrogens with zero attached hydrogens (tertiary/aromatic N) is 1. The van der Waals surface area contributed by atoms with Crippen LogP contribution in [0.25, 0.3) is 0 Å². The van der Waals surface area contributed by atoms with E-state index >= 15 is 0 Å². The van der Waals surface area contributed by atoms with Crippen molar-refractivity contribution >= 4 is 11.7 Å². The molecule has 0 radical (unpaired) electrons. The number of hydrogen-bond acceptors (Lipinski definition) is 4. The summed E-state index contributed by atoms with van der Waals surface area (Å²) in [6, 6.07) is 3.25. The number of rotatable bonds is 6. The van der Waals surface area contributed by atoms with Crippen molar-refractivity contribution in [1.82, 2.24) is 0 Å². The van der Waals surface area contributed by atoms with E-state index in [4.69, 9.17) is 15.6 Å². The van der Waals surface area contributed by atoms with Gasteiger partial charge in [-0.1, -0.05) is 6.07 Å². The topological polar surface area (TPSA) is 75.8 Å². The van der Waals surface area contributed by atoms with Crippen molar-refractivity contribution in [3.8, 4) is 5.75 Å². The van der Waals surface area contributed by atoms with Crippen molar-refractivity contribution in [2.45, 2.75) is 26.3 Å². The van der Waals surface area contributed by atoms with Crippen LogP contribution in [-0.4, -0.2) is 37.8 Å². The lowest BCUT2D eigenvalue weighted by molar-refractivity contribution is -0.138. The first-order chi connectivity index (χ1) is 8.86. The van der Waals surface area contributed by atoms with Gasteiger partial charge in [-0.3, -0.25) is 4.79 Å². The summed E-state index contributed by atoms with van der Waals surface area (Å²) >= 11 is 0. The Hall–Kier alpha value is -1.75. The normalized spacial score (nSPS) is 12.1. The van der Waals surface area contributed by atoms with Gasteiger partial charge in [0.2, 0.25) is 0 Å². The molecule has 0 heterocycles. The molecule has 5 heteroatoms. The first kappa shape index (κ1) is 15.3. The summed E-state index contributed by atoms with van der Waals surface area (Å²) in [4.78, 5) is 12.7. The molecule has 0 saturated heterocycles. The van der Waals surface area contributed by atoms with Gasteiger partial charge >= 0.3 is 5.97 Å². The molecule has 1 aromatic carbocycles. The predicted molar refractivity (Wildman–Crippen MR) is 76.0 cm³/mol. The maximum absolute atomic E-state index is 10.7. The number of carbonyl (C=O) groups is 1. The average molecular weight is 266 g/mol. The lowest BCUT2D eigenvalue weighted by Gasteiger charge is -2.24. The number of methoxy groups -OCH3 is 1. The van der Waals surface area contributed by atoms with E-state index in [1.165, 1.54) is 0 Å². The fourth-order valence-electron chi connectivity index (χ4n) is 2.06. The van der Waals surface area contributed by atoms with Crippen molar-refractivity contribution in [3.05, 3.63) is 23.3 Å². The smallest absolute Gasteiger partial charge is 0.320 e. The van der Waals surface area contributed by atoms with Crippen LogP contribution >= 0.6 is 0 Å². The Morgan fingerprint density at radius 1 is 1.47 bits per heavy atom. The zero-order valence-electron chi connectivity index (χ0n) is 11.9. The Morgan fingerprint density at radius 2 is 2.11 bits per heavy atom. The van der Waals surface area contributed by atoms with Gasteiger partial charge in [-0.25, -0.2) is 0 Å². The molecule has 3 N–H and O–H groups in total. The van der Waals surface area contributed by atoms with Crippen molar-refractivity contribution in [3.63, 3.8) is 0 Å². The fourth-order valence-corrected chi connectivity index (χ4v) is 2.06. The number of hydrogen-bond donors (Lipinski definition) is 2. The Bertz CT molecular complexity index is 460. The van der Waals surface area contributed by atoms with Crippen LogP contribution in [0, 0.1) is 13.8 Å². The molecular formula is C14H22N2O3. The highest BCUT2D eigenvalue weighted by molar-refractivity contribution is 5.73. The van der Waals surface area contributed by atoms with E-state index in [0.717, 1.165) is 22.6 Å². The lowest BCUT2D eigenvalue weighted by atomic mass is 10.1.